The van der Waals surface area contributed by atoms with Gasteiger partial charge in [0, 0.05) is 34.8 Å². The van der Waals surface area contributed by atoms with E-state index >= 15 is 0 Å². The van der Waals surface area contributed by atoms with Crippen LogP contribution < -0.4 is 0 Å². The first-order valence-corrected chi connectivity index (χ1v) is 8.27. The fourth-order valence-electron chi connectivity index (χ4n) is 3.58. The Morgan fingerprint density at radius 3 is 2.70 bits per heavy atom. The summed E-state index contributed by atoms with van der Waals surface area (Å²) in [5.74, 6) is 0.157. The third-order valence-corrected chi connectivity index (χ3v) is 4.73. The molecule has 1 aliphatic rings. The summed E-state index contributed by atoms with van der Waals surface area (Å²) in [5, 5.41) is 1.20. The summed E-state index contributed by atoms with van der Waals surface area (Å²) in [7, 11) is 0. The second-order valence-corrected chi connectivity index (χ2v) is 6.13. The molecule has 0 saturated carbocycles. The van der Waals surface area contributed by atoms with E-state index in [1.54, 1.807) is 0 Å². The van der Waals surface area contributed by atoms with Gasteiger partial charge in [-0.3, -0.25) is 4.79 Å². The van der Waals surface area contributed by atoms with Gasteiger partial charge in [0.15, 0.2) is 0 Å². The predicted molar refractivity (Wildman–Crippen MR) is 92.5 cm³/mol. The van der Waals surface area contributed by atoms with Crippen LogP contribution in [0.25, 0.3) is 10.9 Å². The Bertz CT molecular complexity index is 865. The zero-order valence-corrected chi connectivity index (χ0v) is 13.3. The Morgan fingerprint density at radius 1 is 1.04 bits per heavy atom. The van der Waals surface area contributed by atoms with Crippen molar-refractivity contribution in [3.8, 4) is 0 Å². The Hall–Kier alpha value is -2.55. The number of rotatable bonds is 4. The topological polar surface area (TPSA) is 36.1 Å². The highest BCUT2D eigenvalue weighted by Crippen LogP contribution is 2.41. The van der Waals surface area contributed by atoms with Crippen LogP contribution in [0.1, 0.15) is 47.3 Å². The third kappa shape index (κ3) is 2.15. The maximum atomic E-state index is 12.9. The molecule has 0 bridgehead atoms. The van der Waals surface area contributed by atoms with Crippen molar-refractivity contribution in [2.24, 2.45) is 0 Å². The number of H-pyrrole nitrogens is 1. The summed E-state index contributed by atoms with van der Waals surface area (Å²) in [6.07, 6.45) is 4.17. The molecule has 116 valence electrons. The molecule has 3 aromatic rings. The van der Waals surface area contributed by atoms with Crippen molar-refractivity contribution in [3.05, 3.63) is 71.4 Å². The molecule has 0 saturated heterocycles. The lowest BCUT2D eigenvalue weighted by molar-refractivity contribution is 0.0748. The lowest BCUT2D eigenvalue weighted by Gasteiger charge is -2.25. The number of benzene rings is 2. The number of amides is 1. The fraction of sp³-hybridized carbons (Fsp3) is 0.250. The van der Waals surface area contributed by atoms with Crippen LogP contribution in [0, 0.1) is 0 Å². The van der Waals surface area contributed by atoms with Crippen LogP contribution in [0.4, 0.5) is 0 Å². The van der Waals surface area contributed by atoms with Crippen LogP contribution in [0.3, 0.4) is 0 Å². The number of nitrogens with one attached hydrogen (secondary N) is 1. The van der Waals surface area contributed by atoms with Crippen molar-refractivity contribution in [3.63, 3.8) is 0 Å². The van der Waals surface area contributed by atoms with E-state index in [2.05, 4.69) is 42.4 Å². The third-order valence-electron chi connectivity index (χ3n) is 4.73. The van der Waals surface area contributed by atoms with Crippen molar-refractivity contribution >= 4 is 16.8 Å². The van der Waals surface area contributed by atoms with E-state index in [1.807, 2.05) is 29.2 Å². The van der Waals surface area contributed by atoms with Gasteiger partial charge in [0.2, 0.25) is 0 Å². The molecular formula is C20H20N2O. The smallest absolute Gasteiger partial charge is 0.255 e. The Labute approximate surface area is 135 Å². The summed E-state index contributed by atoms with van der Waals surface area (Å²) in [6.45, 7) is 2.96. The maximum absolute atomic E-state index is 12.9. The molecule has 4 rings (SSSR count). The number of aromatic amines is 1. The largest absolute Gasteiger partial charge is 0.361 e. The summed E-state index contributed by atoms with van der Waals surface area (Å²) < 4.78 is 0. The van der Waals surface area contributed by atoms with Crippen LogP contribution in [-0.2, 0) is 0 Å². The molecule has 3 heteroatoms. The lowest BCUT2D eigenvalue weighted by Crippen LogP contribution is -2.29. The first kappa shape index (κ1) is 14.1. The quantitative estimate of drug-likeness (QED) is 0.756. The monoisotopic (exact) mass is 304 g/mol. The van der Waals surface area contributed by atoms with Crippen LogP contribution in [0.5, 0.6) is 0 Å². The van der Waals surface area contributed by atoms with Gasteiger partial charge in [0.05, 0.1) is 6.04 Å². The van der Waals surface area contributed by atoms with Crippen LogP contribution in [0.15, 0.2) is 54.7 Å². The van der Waals surface area contributed by atoms with Gasteiger partial charge in [-0.1, -0.05) is 49.7 Å². The van der Waals surface area contributed by atoms with Crippen molar-refractivity contribution in [2.45, 2.75) is 25.8 Å². The minimum Gasteiger partial charge on any atom is -0.361 e. The number of fused-ring (bicyclic) bond motifs is 2. The van der Waals surface area contributed by atoms with Crippen LogP contribution in [-0.4, -0.2) is 22.3 Å². The van der Waals surface area contributed by atoms with Gasteiger partial charge in [-0.15, -0.1) is 0 Å². The van der Waals surface area contributed by atoms with E-state index in [-0.39, 0.29) is 11.9 Å². The van der Waals surface area contributed by atoms with Crippen LogP contribution >= 0.6 is 0 Å². The first-order valence-electron chi connectivity index (χ1n) is 8.27. The van der Waals surface area contributed by atoms with Crippen molar-refractivity contribution in [2.75, 3.05) is 6.54 Å². The molecule has 1 amide bonds. The molecule has 1 aromatic heterocycles. The van der Waals surface area contributed by atoms with Gasteiger partial charge in [-0.2, -0.15) is 0 Å². The van der Waals surface area contributed by atoms with Gasteiger partial charge < -0.3 is 9.88 Å². The van der Waals surface area contributed by atoms with Gasteiger partial charge in [-0.05, 0) is 24.1 Å². The van der Waals surface area contributed by atoms with E-state index in [9.17, 15) is 4.79 Å². The van der Waals surface area contributed by atoms with E-state index in [1.165, 1.54) is 10.9 Å². The molecule has 3 nitrogen and oxygen atoms in total. The summed E-state index contributed by atoms with van der Waals surface area (Å²) in [4.78, 5) is 18.2. The maximum Gasteiger partial charge on any atom is 0.255 e. The number of carbonyl (C=O) groups is 1. The van der Waals surface area contributed by atoms with Gasteiger partial charge in [-0.25, -0.2) is 0 Å². The second-order valence-electron chi connectivity index (χ2n) is 6.13. The van der Waals surface area contributed by atoms with E-state index in [4.69, 9.17) is 0 Å². The second kappa shape index (κ2) is 5.58. The number of hydrogen-bond acceptors (Lipinski definition) is 1. The standard InChI is InChI=1S/C20H20N2O/c1-2-3-12-22-19(15-9-4-5-10-16(15)20(22)23)17-13-21-18-11-7-6-8-14(17)18/h4-11,13,19,21H,2-3,12H2,1H3/t19-/m0/s1. The molecule has 2 heterocycles. The summed E-state index contributed by atoms with van der Waals surface area (Å²) in [6, 6.07) is 16.3. The van der Waals surface area contributed by atoms with Gasteiger partial charge in [0.1, 0.15) is 0 Å². The fourth-order valence-corrected chi connectivity index (χ4v) is 3.58. The van der Waals surface area contributed by atoms with Crippen molar-refractivity contribution in [1.82, 2.24) is 9.88 Å². The molecule has 0 unspecified atom stereocenters. The average molecular weight is 304 g/mol. The molecular weight excluding hydrogens is 284 g/mol. The highest BCUT2D eigenvalue weighted by atomic mass is 16.2. The minimum atomic E-state index is 0.0152. The van der Waals surface area contributed by atoms with Crippen LogP contribution in [0.2, 0.25) is 0 Å². The van der Waals surface area contributed by atoms with Crippen molar-refractivity contribution < 1.29 is 4.79 Å². The molecule has 0 aliphatic carbocycles. The summed E-state index contributed by atoms with van der Waals surface area (Å²) >= 11 is 0. The number of nitrogens with zero attached hydrogens (tertiary/aromatic N) is 1. The van der Waals surface area contributed by atoms with E-state index in [0.29, 0.717) is 0 Å². The molecule has 0 spiro atoms. The Kier molecular flexibility index (Phi) is 3.41. The number of hydrogen-bond donors (Lipinski definition) is 1. The Morgan fingerprint density at radius 2 is 1.83 bits per heavy atom. The zero-order chi connectivity index (χ0) is 15.8. The molecule has 0 fully saturated rings. The molecule has 1 aliphatic heterocycles. The highest BCUT2D eigenvalue weighted by molar-refractivity contribution is 6.00. The SMILES string of the molecule is CCCCN1C(=O)c2ccccc2[C@H]1c1c[nH]c2ccccc12. The van der Waals surface area contributed by atoms with Gasteiger partial charge in [0.25, 0.3) is 5.91 Å². The highest BCUT2D eigenvalue weighted by Gasteiger charge is 2.37. The first-order chi connectivity index (χ1) is 11.3. The normalized spacial score (nSPS) is 17.0. The Balaban J connectivity index is 1.87. The number of carbonyl (C=O) groups excluding carboxylic acids is 1. The van der Waals surface area contributed by atoms with Gasteiger partial charge >= 0.3 is 0 Å². The summed E-state index contributed by atoms with van der Waals surface area (Å²) in [5.41, 5.74) is 4.28. The zero-order valence-electron chi connectivity index (χ0n) is 13.3. The molecule has 23 heavy (non-hydrogen) atoms. The number of aromatic nitrogens is 1. The molecule has 2 aromatic carbocycles. The van der Waals surface area contributed by atoms with E-state index < -0.39 is 0 Å². The molecule has 1 N–H and O–H groups in total. The number of unbranched alkanes of at least 4 members (excludes halogenated alkanes) is 1. The van der Waals surface area contributed by atoms with Crippen molar-refractivity contribution in [1.29, 1.82) is 0 Å². The average Bonchev–Trinajstić information content (AvgIpc) is 3.13. The minimum absolute atomic E-state index is 0.0152. The lowest BCUT2D eigenvalue weighted by atomic mass is 9.97. The van der Waals surface area contributed by atoms with E-state index in [0.717, 1.165) is 36.0 Å². The molecule has 1 atom stereocenters. The molecule has 0 radical (unpaired) electrons. The number of para-hydroxylation sites is 1. The predicted octanol–water partition coefficient (Wildman–Crippen LogP) is 4.51.